The van der Waals surface area contributed by atoms with Gasteiger partial charge in [-0.1, -0.05) is 49.4 Å². The monoisotopic (exact) mass is 557 g/mol. The summed E-state index contributed by atoms with van der Waals surface area (Å²) in [6.45, 7) is 6.28. The second kappa shape index (κ2) is 12.4. The lowest BCUT2D eigenvalue weighted by atomic mass is 10.1. The van der Waals surface area contributed by atoms with Gasteiger partial charge in [-0.05, 0) is 69.2 Å². The van der Waals surface area contributed by atoms with E-state index in [0.29, 0.717) is 9.87 Å². The fourth-order valence-corrected chi connectivity index (χ4v) is 5.49. The molecule has 0 fully saturated rings. The second-order valence-electron chi connectivity index (χ2n) is 10.1. The highest BCUT2D eigenvalue weighted by molar-refractivity contribution is 7.92. The molecule has 0 saturated heterocycles. The van der Waals surface area contributed by atoms with E-state index in [9.17, 15) is 26.8 Å². The van der Waals surface area contributed by atoms with Crippen LogP contribution in [0.5, 0.6) is 0 Å². The highest BCUT2D eigenvalue weighted by Crippen LogP contribution is 2.27. The number of amides is 2. The molecule has 3 rings (SSSR count). The van der Waals surface area contributed by atoms with Gasteiger partial charge in [0.15, 0.2) is 0 Å². The molecule has 0 aromatic heterocycles. The number of hydrogen-bond donors (Lipinski definition) is 1. The molecule has 0 aliphatic rings. The van der Waals surface area contributed by atoms with E-state index in [1.807, 2.05) is 0 Å². The average molecular weight is 558 g/mol. The Balaban J connectivity index is 2.07. The largest absolute Gasteiger partial charge is 0.350 e. The highest BCUT2D eigenvalue weighted by Gasteiger charge is 2.35. The van der Waals surface area contributed by atoms with Gasteiger partial charge in [0, 0.05) is 12.1 Å². The number of halogens is 2. The molecule has 0 aliphatic carbocycles. The Labute approximate surface area is 228 Å². The van der Waals surface area contributed by atoms with E-state index < -0.39 is 51.6 Å². The molecule has 1 atom stereocenters. The molecule has 0 bridgehead atoms. The molecular formula is C29H33F2N3O4S. The molecule has 0 aliphatic heterocycles. The number of anilines is 1. The van der Waals surface area contributed by atoms with E-state index >= 15 is 0 Å². The lowest BCUT2D eigenvalue weighted by Gasteiger charge is -2.34. The molecule has 10 heteroatoms. The topological polar surface area (TPSA) is 86.8 Å². The Morgan fingerprint density at radius 1 is 0.897 bits per heavy atom. The van der Waals surface area contributed by atoms with Gasteiger partial charge in [-0.3, -0.25) is 13.9 Å². The quantitative estimate of drug-likeness (QED) is 0.385. The van der Waals surface area contributed by atoms with Gasteiger partial charge in [0.25, 0.3) is 10.0 Å². The first kappa shape index (κ1) is 29.8. The summed E-state index contributed by atoms with van der Waals surface area (Å²) in [6.07, 6.45) is 0.222. The summed E-state index contributed by atoms with van der Waals surface area (Å²) in [4.78, 5) is 28.3. The van der Waals surface area contributed by atoms with Crippen LogP contribution in [0.1, 0.15) is 39.7 Å². The van der Waals surface area contributed by atoms with Crippen molar-refractivity contribution in [3.05, 3.63) is 96.1 Å². The molecule has 39 heavy (non-hydrogen) atoms. The van der Waals surface area contributed by atoms with Crippen LogP contribution in [0.15, 0.2) is 83.8 Å². The third-order valence-electron chi connectivity index (χ3n) is 5.88. The number of benzene rings is 3. The normalized spacial score (nSPS) is 12.5. The van der Waals surface area contributed by atoms with Crippen molar-refractivity contribution in [2.24, 2.45) is 0 Å². The summed E-state index contributed by atoms with van der Waals surface area (Å²) in [5, 5.41) is 2.87. The Kier molecular flexibility index (Phi) is 9.45. The zero-order valence-corrected chi connectivity index (χ0v) is 23.2. The highest BCUT2D eigenvalue weighted by atomic mass is 32.2. The smallest absolute Gasteiger partial charge is 0.264 e. The van der Waals surface area contributed by atoms with Crippen LogP contribution in [-0.4, -0.2) is 43.3 Å². The van der Waals surface area contributed by atoms with Gasteiger partial charge in [0.1, 0.15) is 24.2 Å². The van der Waals surface area contributed by atoms with Crippen LogP contribution in [0.4, 0.5) is 14.5 Å². The fraction of sp³-hybridized carbons (Fsp3) is 0.310. The zero-order valence-electron chi connectivity index (χ0n) is 22.4. The number of nitrogens with one attached hydrogen (secondary N) is 1. The van der Waals surface area contributed by atoms with Crippen molar-refractivity contribution >= 4 is 27.5 Å². The predicted molar refractivity (Wildman–Crippen MR) is 146 cm³/mol. The predicted octanol–water partition coefficient (Wildman–Crippen LogP) is 4.88. The van der Waals surface area contributed by atoms with E-state index in [4.69, 9.17) is 0 Å². The van der Waals surface area contributed by atoms with Crippen LogP contribution >= 0.6 is 0 Å². The Hall–Kier alpha value is -3.79. The molecule has 0 unspecified atom stereocenters. The second-order valence-corrected chi connectivity index (χ2v) is 11.9. The minimum absolute atomic E-state index is 0.0916. The van der Waals surface area contributed by atoms with E-state index in [2.05, 4.69) is 5.32 Å². The van der Waals surface area contributed by atoms with Crippen molar-refractivity contribution in [1.82, 2.24) is 10.2 Å². The van der Waals surface area contributed by atoms with Crippen molar-refractivity contribution in [1.29, 1.82) is 0 Å². The number of rotatable bonds is 10. The number of hydrogen-bond acceptors (Lipinski definition) is 4. The van der Waals surface area contributed by atoms with Crippen LogP contribution in [0, 0.1) is 11.6 Å². The first-order valence-corrected chi connectivity index (χ1v) is 14.0. The number of para-hydroxylation sites is 1. The van der Waals surface area contributed by atoms with Gasteiger partial charge in [0.2, 0.25) is 11.8 Å². The first-order valence-electron chi connectivity index (χ1n) is 12.5. The van der Waals surface area contributed by atoms with E-state index in [-0.39, 0.29) is 23.5 Å². The molecular weight excluding hydrogens is 524 g/mol. The lowest BCUT2D eigenvalue weighted by molar-refractivity contribution is -0.141. The Morgan fingerprint density at radius 2 is 1.49 bits per heavy atom. The maximum absolute atomic E-state index is 14.9. The van der Waals surface area contributed by atoms with E-state index in [1.165, 1.54) is 71.6 Å². The van der Waals surface area contributed by atoms with Gasteiger partial charge in [0.05, 0.1) is 10.6 Å². The van der Waals surface area contributed by atoms with Gasteiger partial charge in [-0.2, -0.15) is 0 Å². The van der Waals surface area contributed by atoms with Crippen molar-refractivity contribution < 1.29 is 26.8 Å². The van der Waals surface area contributed by atoms with Crippen molar-refractivity contribution in [2.75, 3.05) is 10.8 Å². The number of sulfonamides is 1. The number of nitrogens with zero attached hydrogens (tertiary/aromatic N) is 2. The first-order chi connectivity index (χ1) is 18.3. The Bertz CT molecular complexity index is 1390. The van der Waals surface area contributed by atoms with Gasteiger partial charge < -0.3 is 10.2 Å². The minimum Gasteiger partial charge on any atom is -0.350 e. The number of carbonyl (C=O) groups is 2. The molecule has 3 aromatic carbocycles. The van der Waals surface area contributed by atoms with E-state index in [0.717, 1.165) is 6.07 Å². The molecule has 3 aromatic rings. The zero-order chi connectivity index (χ0) is 28.8. The molecule has 0 spiro atoms. The molecule has 0 saturated carbocycles. The summed E-state index contributed by atoms with van der Waals surface area (Å²) in [5.41, 5.74) is -0.357. The average Bonchev–Trinajstić information content (AvgIpc) is 2.88. The summed E-state index contributed by atoms with van der Waals surface area (Å²) >= 11 is 0. The van der Waals surface area contributed by atoms with Crippen LogP contribution < -0.4 is 9.62 Å². The van der Waals surface area contributed by atoms with Crippen LogP contribution in [-0.2, 0) is 26.2 Å². The maximum atomic E-state index is 14.9. The van der Waals surface area contributed by atoms with Crippen LogP contribution in [0.2, 0.25) is 0 Å². The van der Waals surface area contributed by atoms with Gasteiger partial charge >= 0.3 is 0 Å². The molecule has 0 heterocycles. The number of carbonyl (C=O) groups excluding carboxylic acids is 2. The lowest BCUT2D eigenvalue weighted by Crippen LogP contribution is -2.55. The fourth-order valence-electron chi connectivity index (χ4n) is 4.05. The molecule has 1 N–H and O–H groups in total. The van der Waals surface area contributed by atoms with Crippen molar-refractivity contribution in [3.63, 3.8) is 0 Å². The van der Waals surface area contributed by atoms with Crippen LogP contribution in [0.3, 0.4) is 0 Å². The molecule has 2 amide bonds. The summed E-state index contributed by atoms with van der Waals surface area (Å²) < 4.78 is 56.5. The minimum atomic E-state index is -4.37. The van der Waals surface area contributed by atoms with E-state index in [1.54, 1.807) is 33.8 Å². The summed E-state index contributed by atoms with van der Waals surface area (Å²) in [5.74, 6) is -2.44. The molecule has 7 nitrogen and oxygen atoms in total. The van der Waals surface area contributed by atoms with Gasteiger partial charge in [-0.15, -0.1) is 0 Å². The molecule has 208 valence electrons. The van der Waals surface area contributed by atoms with Crippen molar-refractivity contribution in [2.45, 2.75) is 57.1 Å². The maximum Gasteiger partial charge on any atom is 0.264 e. The van der Waals surface area contributed by atoms with Crippen LogP contribution in [0.25, 0.3) is 0 Å². The molecule has 0 radical (unpaired) electrons. The SMILES string of the molecule is CC[C@H](C(=O)NC(C)(C)C)N(Cc1ccc(F)cc1)C(=O)CN(c1ccccc1F)S(=O)(=O)c1ccccc1. The standard InChI is InChI=1S/C29H33F2N3O4S/c1-5-25(28(36)32-29(2,3)4)33(19-21-15-17-22(30)18-16-21)27(35)20-34(26-14-10-9-13-24(26)31)39(37,38)23-11-7-6-8-12-23/h6-18,25H,5,19-20H2,1-4H3,(H,32,36)/t25-/m1/s1. The van der Waals surface area contributed by atoms with Crippen molar-refractivity contribution in [3.8, 4) is 0 Å². The summed E-state index contributed by atoms with van der Waals surface area (Å²) in [6, 6.07) is 17.1. The van der Waals surface area contributed by atoms with Gasteiger partial charge in [-0.25, -0.2) is 17.2 Å². The summed E-state index contributed by atoms with van der Waals surface area (Å²) in [7, 11) is -4.37. The third-order valence-corrected chi connectivity index (χ3v) is 7.66. The third kappa shape index (κ3) is 7.63. The Morgan fingerprint density at radius 3 is 2.05 bits per heavy atom.